The van der Waals surface area contributed by atoms with Gasteiger partial charge in [0.05, 0.1) is 6.54 Å². The van der Waals surface area contributed by atoms with Gasteiger partial charge in [-0.25, -0.2) is 0 Å². The first-order chi connectivity index (χ1) is 9.56. The number of nitrogens with zero attached hydrogens (tertiary/aromatic N) is 1. The highest BCUT2D eigenvalue weighted by molar-refractivity contribution is 7.80. The number of nitrogens with one attached hydrogen (secondary N) is 1. The summed E-state index contributed by atoms with van der Waals surface area (Å²) in [5.74, 6) is -0.000472. The maximum Gasteiger partial charge on any atom is 0.238 e. The van der Waals surface area contributed by atoms with Crippen molar-refractivity contribution in [1.82, 2.24) is 4.90 Å². The fourth-order valence-electron chi connectivity index (χ4n) is 2.65. The largest absolute Gasteiger partial charge is 0.389 e. The molecule has 4 nitrogen and oxygen atoms in total. The van der Waals surface area contributed by atoms with E-state index in [0.717, 1.165) is 11.3 Å². The normalized spacial score (nSPS) is 15.5. The van der Waals surface area contributed by atoms with E-state index < -0.39 is 0 Å². The summed E-state index contributed by atoms with van der Waals surface area (Å²) in [7, 11) is 2.01. The van der Waals surface area contributed by atoms with Gasteiger partial charge >= 0.3 is 0 Å². The Balaban J connectivity index is 1.90. The highest BCUT2D eigenvalue weighted by Gasteiger charge is 2.21. The molecule has 0 spiro atoms. The fraction of sp³-hybridized carbons (Fsp3) is 0.467. The predicted octanol–water partition coefficient (Wildman–Crippen LogP) is 2.13. The van der Waals surface area contributed by atoms with Gasteiger partial charge in [-0.1, -0.05) is 37.2 Å². The molecule has 1 fully saturated rings. The zero-order valence-corrected chi connectivity index (χ0v) is 12.6. The Morgan fingerprint density at radius 1 is 1.45 bits per heavy atom. The van der Waals surface area contributed by atoms with Gasteiger partial charge in [-0.2, -0.15) is 0 Å². The van der Waals surface area contributed by atoms with Crippen LogP contribution in [0.3, 0.4) is 0 Å². The van der Waals surface area contributed by atoms with Gasteiger partial charge in [0.1, 0.15) is 4.99 Å². The Morgan fingerprint density at radius 3 is 2.80 bits per heavy atom. The minimum Gasteiger partial charge on any atom is -0.389 e. The molecule has 0 aromatic heterocycles. The van der Waals surface area contributed by atoms with Crippen LogP contribution >= 0.6 is 12.2 Å². The molecule has 0 bridgehead atoms. The van der Waals surface area contributed by atoms with Crippen LogP contribution in [0.1, 0.15) is 31.2 Å². The molecule has 2 rings (SSSR count). The van der Waals surface area contributed by atoms with Crippen molar-refractivity contribution in [3.63, 3.8) is 0 Å². The second-order valence-corrected chi connectivity index (χ2v) is 5.79. The van der Waals surface area contributed by atoms with Crippen LogP contribution in [0.2, 0.25) is 0 Å². The standard InChI is InChI=1S/C15H21N3OS/c1-18(13-7-2-3-8-13)10-14(19)17-12-6-4-5-11(9-12)15(16)20/h4-6,9,13H,2-3,7-8,10H2,1H3,(H2,16,20)(H,17,19). The molecule has 20 heavy (non-hydrogen) atoms. The van der Waals surface area contributed by atoms with Crippen LogP contribution < -0.4 is 11.1 Å². The average Bonchev–Trinajstić information content (AvgIpc) is 2.92. The van der Waals surface area contributed by atoms with Gasteiger partial charge in [0.2, 0.25) is 5.91 Å². The lowest BCUT2D eigenvalue weighted by molar-refractivity contribution is -0.117. The number of anilines is 1. The average molecular weight is 291 g/mol. The second kappa shape index (κ2) is 6.81. The van der Waals surface area contributed by atoms with Crippen molar-refractivity contribution in [3.8, 4) is 0 Å². The first-order valence-electron chi connectivity index (χ1n) is 6.96. The Morgan fingerprint density at radius 2 is 2.15 bits per heavy atom. The van der Waals surface area contributed by atoms with Crippen LogP contribution in [-0.2, 0) is 4.79 Å². The van der Waals surface area contributed by atoms with E-state index in [9.17, 15) is 4.79 Å². The third-order valence-electron chi connectivity index (χ3n) is 3.77. The van der Waals surface area contributed by atoms with Crippen molar-refractivity contribution in [1.29, 1.82) is 0 Å². The quantitative estimate of drug-likeness (QED) is 0.816. The summed E-state index contributed by atoms with van der Waals surface area (Å²) >= 11 is 4.93. The Kier molecular flexibility index (Phi) is 5.09. The number of carbonyl (C=O) groups is 1. The van der Waals surface area contributed by atoms with E-state index in [2.05, 4.69) is 10.2 Å². The first-order valence-corrected chi connectivity index (χ1v) is 7.37. The third kappa shape index (κ3) is 4.02. The van der Waals surface area contributed by atoms with Crippen LogP contribution in [0, 0.1) is 0 Å². The zero-order chi connectivity index (χ0) is 14.5. The van der Waals surface area contributed by atoms with E-state index in [0.29, 0.717) is 17.6 Å². The lowest BCUT2D eigenvalue weighted by Crippen LogP contribution is -2.36. The van der Waals surface area contributed by atoms with Crippen LogP contribution in [0.15, 0.2) is 24.3 Å². The number of hydrogen-bond acceptors (Lipinski definition) is 3. The SMILES string of the molecule is CN(CC(=O)Nc1cccc(C(N)=S)c1)C1CCCC1. The maximum absolute atomic E-state index is 12.0. The predicted molar refractivity (Wildman–Crippen MR) is 85.8 cm³/mol. The summed E-state index contributed by atoms with van der Waals surface area (Å²) in [6.45, 7) is 0.419. The third-order valence-corrected chi connectivity index (χ3v) is 4.01. The van der Waals surface area contributed by atoms with Gasteiger partial charge in [0.15, 0.2) is 0 Å². The summed E-state index contributed by atoms with van der Waals surface area (Å²) in [5, 5.41) is 2.90. The molecule has 0 saturated heterocycles. The lowest BCUT2D eigenvalue weighted by Gasteiger charge is -2.23. The number of nitrogens with two attached hydrogens (primary N) is 1. The van der Waals surface area contributed by atoms with Crippen LogP contribution in [0.5, 0.6) is 0 Å². The number of benzene rings is 1. The topological polar surface area (TPSA) is 58.4 Å². The summed E-state index contributed by atoms with van der Waals surface area (Å²) < 4.78 is 0. The molecule has 1 aliphatic carbocycles. The molecular formula is C15H21N3OS. The Bertz CT molecular complexity index is 498. The molecule has 1 aliphatic rings. The molecular weight excluding hydrogens is 270 g/mol. The number of rotatable bonds is 5. The van der Waals surface area contributed by atoms with Crippen molar-refractivity contribution < 1.29 is 4.79 Å². The molecule has 1 amide bonds. The molecule has 0 unspecified atom stereocenters. The molecule has 108 valence electrons. The van der Waals surface area contributed by atoms with Crippen molar-refractivity contribution >= 4 is 28.8 Å². The van der Waals surface area contributed by atoms with Crippen molar-refractivity contribution in [2.45, 2.75) is 31.7 Å². The van der Waals surface area contributed by atoms with Crippen LogP contribution in [-0.4, -0.2) is 35.4 Å². The first kappa shape index (κ1) is 14.9. The van der Waals surface area contributed by atoms with E-state index >= 15 is 0 Å². The zero-order valence-electron chi connectivity index (χ0n) is 11.8. The minimum atomic E-state index is -0.000472. The van der Waals surface area contributed by atoms with Gasteiger partial charge in [0.25, 0.3) is 0 Å². The Labute approximate surface area is 125 Å². The van der Waals surface area contributed by atoms with Gasteiger partial charge in [-0.05, 0) is 32.0 Å². The van der Waals surface area contributed by atoms with Crippen molar-refractivity contribution in [2.75, 3.05) is 18.9 Å². The minimum absolute atomic E-state index is 0.000472. The number of amides is 1. The van der Waals surface area contributed by atoms with Gasteiger partial charge in [-0.3, -0.25) is 9.69 Å². The number of carbonyl (C=O) groups excluding carboxylic acids is 1. The van der Waals surface area contributed by atoms with Gasteiger partial charge in [-0.15, -0.1) is 0 Å². The maximum atomic E-state index is 12.0. The Hall–Kier alpha value is -1.46. The monoisotopic (exact) mass is 291 g/mol. The summed E-state index contributed by atoms with van der Waals surface area (Å²) in [6.07, 6.45) is 4.93. The van der Waals surface area contributed by atoms with Crippen molar-refractivity contribution in [2.24, 2.45) is 5.73 Å². The van der Waals surface area contributed by atoms with Crippen molar-refractivity contribution in [3.05, 3.63) is 29.8 Å². The number of thiocarbonyl (C=S) groups is 1. The fourth-order valence-corrected chi connectivity index (χ4v) is 2.78. The van der Waals surface area contributed by atoms with Crippen LogP contribution in [0.25, 0.3) is 0 Å². The van der Waals surface area contributed by atoms with Gasteiger partial charge < -0.3 is 11.1 Å². The molecule has 0 heterocycles. The highest BCUT2D eigenvalue weighted by Crippen LogP contribution is 2.22. The van der Waals surface area contributed by atoms with Gasteiger partial charge in [0, 0.05) is 17.3 Å². The number of likely N-dealkylation sites (N-methyl/N-ethyl adjacent to an activating group) is 1. The van der Waals surface area contributed by atoms with E-state index in [1.165, 1.54) is 25.7 Å². The molecule has 5 heteroatoms. The van der Waals surface area contributed by atoms with E-state index in [1.807, 2.05) is 25.2 Å². The lowest BCUT2D eigenvalue weighted by atomic mass is 10.2. The van der Waals surface area contributed by atoms with E-state index in [4.69, 9.17) is 18.0 Å². The summed E-state index contributed by atoms with van der Waals surface area (Å²) in [5.41, 5.74) is 7.09. The number of hydrogen-bond donors (Lipinski definition) is 2. The molecule has 1 aromatic rings. The van der Waals surface area contributed by atoms with E-state index in [1.54, 1.807) is 6.07 Å². The molecule has 0 aliphatic heterocycles. The second-order valence-electron chi connectivity index (χ2n) is 5.35. The summed E-state index contributed by atoms with van der Waals surface area (Å²) in [4.78, 5) is 14.5. The molecule has 0 atom stereocenters. The smallest absolute Gasteiger partial charge is 0.238 e. The molecule has 1 saturated carbocycles. The highest BCUT2D eigenvalue weighted by atomic mass is 32.1. The van der Waals surface area contributed by atoms with E-state index in [-0.39, 0.29) is 5.91 Å². The molecule has 1 aromatic carbocycles. The molecule has 3 N–H and O–H groups in total. The molecule has 0 radical (unpaired) electrons. The summed E-state index contributed by atoms with van der Waals surface area (Å²) in [6, 6.07) is 7.86. The van der Waals surface area contributed by atoms with Crippen LogP contribution in [0.4, 0.5) is 5.69 Å².